The summed E-state index contributed by atoms with van der Waals surface area (Å²) in [6, 6.07) is 14.3. The Morgan fingerprint density at radius 2 is 1.72 bits per heavy atom. The van der Waals surface area contributed by atoms with Crippen molar-refractivity contribution in [2.45, 2.75) is 50.4 Å². The van der Waals surface area contributed by atoms with Crippen LogP contribution in [0.4, 0.5) is 5.69 Å². The number of carbonyl (C=O) groups excluding carboxylic acids is 1. The fraction of sp³-hybridized carbons (Fsp3) is 0.409. The lowest BCUT2D eigenvalue weighted by Crippen LogP contribution is -2.50. The molecule has 2 aliphatic rings. The number of nitrogen functional groups attached to an aromatic ring is 1. The number of nitrogens with one attached hydrogen (secondary N) is 1. The first-order valence-electron chi connectivity index (χ1n) is 9.95. The monoisotopic (exact) mass is 433 g/mol. The summed E-state index contributed by atoms with van der Waals surface area (Å²) in [5, 5.41) is 4.44. The minimum absolute atomic E-state index is 0.0494. The molecular formula is C22H25Cl2N3O2. The fourth-order valence-electron chi connectivity index (χ4n) is 4.51. The first kappa shape index (κ1) is 20.3. The van der Waals surface area contributed by atoms with Crippen LogP contribution in [0.2, 0.25) is 10.0 Å². The summed E-state index contributed by atoms with van der Waals surface area (Å²) < 4.78 is 5.56. The zero-order valence-corrected chi connectivity index (χ0v) is 17.6. The number of hydrogen-bond donors (Lipinski definition) is 2. The Kier molecular flexibility index (Phi) is 6.18. The Hall–Kier alpha value is -1.95. The van der Waals surface area contributed by atoms with E-state index >= 15 is 0 Å². The number of benzene rings is 2. The number of fused-ring (bicyclic) bond motifs is 2. The number of anilines is 1. The van der Waals surface area contributed by atoms with Crippen LogP contribution in [0, 0.1) is 0 Å². The van der Waals surface area contributed by atoms with Crippen LogP contribution in [0.25, 0.3) is 0 Å². The largest absolute Gasteiger partial charge is 0.482 e. The molecule has 5 nitrogen and oxygen atoms in total. The molecule has 3 N–H and O–H groups in total. The average Bonchev–Trinajstić information content (AvgIpc) is 2.91. The smallest absolute Gasteiger partial charge is 0.258 e. The summed E-state index contributed by atoms with van der Waals surface area (Å²) in [5.74, 6) is 0.359. The van der Waals surface area contributed by atoms with Gasteiger partial charge in [-0.15, -0.1) is 0 Å². The summed E-state index contributed by atoms with van der Waals surface area (Å²) >= 11 is 11.9. The lowest BCUT2D eigenvalue weighted by Gasteiger charge is -2.39. The van der Waals surface area contributed by atoms with Crippen LogP contribution >= 0.6 is 23.2 Å². The van der Waals surface area contributed by atoms with Crippen LogP contribution < -0.4 is 15.8 Å². The van der Waals surface area contributed by atoms with E-state index in [9.17, 15) is 4.79 Å². The number of hydrogen-bond acceptors (Lipinski definition) is 4. The molecule has 1 amide bonds. The third-order valence-electron chi connectivity index (χ3n) is 5.86. The van der Waals surface area contributed by atoms with Crippen LogP contribution in [-0.4, -0.2) is 35.5 Å². The summed E-state index contributed by atoms with van der Waals surface area (Å²) in [7, 11) is 0. The third-order valence-corrected chi connectivity index (χ3v) is 6.35. The Morgan fingerprint density at radius 1 is 1.07 bits per heavy atom. The molecule has 0 spiro atoms. The van der Waals surface area contributed by atoms with Crippen molar-refractivity contribution in [2.24, 2.45) is 0 Å². The van der Waals surface area contributed by atoms with Gasteiger partial charge in [-0.25, -0.2) is 0 Å². The average molecular weight is 434 g/mol. The number of carbonyl (C=O) groups is 1. The van der Waals surface area contributed by atoms with Gasteiger partial charge < -0.3 is 15.8 Å². The molecule has 154 valence electrons. The van der Waals surface area contributed by atoms with E-state index < -0.39 is 0 Å². The van der Waals surface area contributed by atoms with Crippen molar-refractivity contribution in [3.63, 3.8) is 0 Å². The standard InChI is InChI=1S/C22H25Cl2N3O2/c23-15-3-1-14(2-4-15)12-27-18-6-7-19(27)11-17(10-18)26-22(28)13-29-21-8-5-16(24)9-20(21)25/h1-5,8-9,17-19H,6-7,10-13,25H2,(H,26,28). The van der Waals surface area contributed by atoms with E-state index in [-0.39, 0.29) is 18.6 Å². The van der Waals surface area contributed by atoms with Gasteiger partial charge in [0.05, 0.1) is 5.69 Å². The molecule has 2 aromatic carbocycles. The van der Waals surface area contributed by atoms with Crippen LogP contribution in [0.5, 0.6) is 5.75 Å². The molecule has 0 aromatic heterocycles. The van der Waals surface area contributed by atoms with Crippen LogP contribution in [-0.2, 0) is 11.3 Å². The van der Waals surface area contributed by atoms with E-state index in [1.807, 2.05) is 12.1 Å². The summed E-state index contributed by atoms with van der Waals surface area (Å²) in [6.07, 6.45) is 4.31. The number of ether oxygens (including phenoxy) is 1. The van der Waals surface area contributed by atoms with E-state index in [0.717, 1.165) is 24.4 Å². The number of amides is 1. The summed E-state index contributed by atoms with van der Waals surface area (Å²) in [5.41, 5.74) is 7.58. The lowest BCUT2D eigenvalue weighted by molar-refractivity contribution is -0.124. The van der Waals surface area contributed by atoms with Crippen LogP contribution in [0.15, 0.2) is 42.5 Å². The molecule has 2 heterocycles. The van der Waals surface area contributed by atoms with Gasteiger partial charge in [0.15, 0.2) is 6.61 Å². The number of piperidine rings is 1. The quantitative estimate of drug-likeness (QED) is 0.667. The molecule has 0 saturated carbocycles. The van der Waals surface area contributed by atoms with Gasteiger partial charge in [0.2, 0.25) is 0 Å². The van der Waals surface area contributed by atoms with Gasteiger partial charge in [0, 0.05) is 34.7 Å². The van der Waals surface area contributed by atoms with Crippen molar-refractivity contribution >= 4 is 34.8 Å². The Morgan fingerprint density at radius 3 is 2.38 bits per heavy atom. The van der Waals surface area contributed by atoms with Gasteiger partial charge in [-0.3, -0.25) is 9.69 Å². The molecule has 0 radical (unpaired) electrons. The highest BCUT2D eigenvalue weighted by Gasteiger charge is 2.40. The van der Waals surface area contributed by atoms with E-state index in [4.69, 9.17) is 33.7 Å². The highest BCUT2D eigenvalue weighted by atomic mass is 35.5. The van der Waals surface area contributed by atoms with Crippen molar-refractivity contribution in [3.8, 4) is 5.75 Å². The van der Waals surface area contributed by atoms with Gasteiger partial charge in [-0.1, -0.05) is 35.3 Å². The van der Waals surface area contributed by atoms with E-state index in [1.54, 1.807) is 18.2 Å². The second-order valence-electron chi connectivity index (χ2n) is 7.89. The first-order valence-corrected chi connectivity index (χ1v) is 10.7. The number of nitrogens with zero attached hydrogens (tertiary/aromatic N) is 1. The van der Waals surface area contributed by atoms with Crippen molar-refractivity contribution in [3.05, 3.63) is 58.1 Å². The number of halogens is 2. The van der Waals surface area contributed by atoms with Crippen molar-refractivity contribution in [1.29, 1.82) is 0 Å². The summed E-state index contributed by atoms with van der Waals surface area (Å²) in [6.45, 7) is 0.887. The molecule has 2 saturated heterocycles. The molecular weight excluding hydrogens is 409 g/mol. The minimum Gasteiger partial charge on any atom is -0.482 e. The molecule has 2 bridgehead atoms. The van der Waals surface area contributed by atoms with E-state index in [2.05, 4.69) is 22.3 Å². The highest BCUT2D eigenvalue weighted by Crippen LogP contribution is 2.37. The lowest BCUT2D eigenvalue weighted by atomic mass is 9.96. The van der Waals surface area contributed by atoms with Crippen LogP contribution in [0.1, 0.15) is 31.2 Å². The molecule has 2 fully saturated rings. The maximum Gasteiger partial charge on any atom is 0.258 e. The SMILES string of the molecule is Nc1cc(Cl)ccc1OCC(=O)NC1CC2CCC(C1)N2Cc1ccc(Cl)cc1. The molecule has 4 rings (SSSR count). The molecule has 2 unspecified atom stereocenters. The fourth-order valence-corrected chi connectivity index (χ4v) is 4.82. The minimum atomic E-state index is -0.116. The van der Waals surface area contributed by atoms with Crippen molar-refractivity contribution in [2.75, 3.05) is 12.3 Å². The van der Waals surface area contributed by atoms with E-state index in [1.165, 1.54) is 18.4 Å². The zero-order valence-electron chi connectivity index (χ0n) is 16.1. The molecule has 7 heteroatoms. The predicted molar refractivity (Wildman–Crippen MR) is 116 cm³/mol. The van der Waals surface area contributed by atoms with Gasteiger partial charge in [0.1, 0.15) is 5.75 Å². The van der Waals surface area contributed by atoms with Gasteiger partial charge in [-0.2, -0.15) is 0 Å². The van der Waals surface area contributed by atoms with Crippen molar-refractivity contribution < 1.29 is 9.53 Å². The molecule has 2 atom stereocenters. The maximum atomic E-state index is 12.4. The van der Waals surface area contributed by atoms with Gasteiger partial charge in [0.25, 0.3) is 5.91 Å². The second-order valence-corrected chi connectivity index (χ2v) is 8.76. The normalized spacial score (nSPS) is 23.7. The second kappa shape index (κ2) is 8.82. The number of nitrogens with two attached hydrogens (primary N) is 1. The first-order chi connectivity index (χ1) is 14.0. The molecule has 2 aliphatic heterocycles. The molecule has 0 aliphatic carbocycles. The van der Waals surface area contributed by atoms with Crippen molar-refractivity contribution in [1.82, 2.24) is 10.2 Å². The third kappa shape index (κ3) is 4.97. The summed E-state index contributed by atoms with van der Waals surface area (Å²) in [4.78, 5) is 15.0. The van der Waals surface area contributed by atoms with Gasteiger partial charge >= 0.3 is 0 Å². The predicted octanol–water partition coefficient (Wildman–Crippen LogP) is 4.27. The molecule has 2 aromatic rings. The Bertz CT molecular complexity index is 861. The zero-order chi connectivity index (χ0) is 20.4. The van der Waals surface area contributed by atoms with Gasteiger partial charge in [-0.05, 0) is 61.6 Å². The Labute approximate surface area is 181 Å². The topological polar surface area (TPSA) is 67.6 Å². The highest BCUT2D eigenvalue weighted by molar-refractivity contribution is 6.31. The van der Waals surface area contributed by atoms with Crippen LogP contribution in [0.3, 0.4) is 0 Å². The number of rotatable bonds is 6. The Balaban J connectivity index is 1.28. The maximum absolute atomic E-state index is 12.4. The van der Waals surface area contributed by atoms with E-state index in [0.29, 0.717) is 28.5 Å². The molecule has 29 heavy (non-hydrogen) atoms.